The largest absolute Gasteiger partial charge is 0.490 e. The lowest BCUT2D eigenvalue weighted by molar-refractivity contribution is 0.0988. The highest BCUT2D eigenvalue weighted by Gasteiger charge is 2.06. The van der Waals surface area contributed by atoms with Crippen molar-refractivity contribution in [1.82, 2.24) is 4.57 Å². The number of aromatic nitrogens is 1. The van der Waals surface area contributed by atoms with Gasteiger partial charge in [0.2, 0.25) is 0 Å². The molecule has 0 amide bonds. The third kappa shape index (κ3) is 4.12. The molecule has 4 nitrogen and oxygen atoms in total. The second-order valence-electron chi connectivity index (χ2n) is 4.64. The van der Waals surface area contributed by atoms with E-state index in [1.165, 1.54) is 0 Å². The van der Waals surface area contributed by atoms with Crippen LogP contribution in [0.1, 0.15) is 30.6 Å². The second-order valence-corrected chi connectivity index (χ2v) is 4.64. The molecule has 0 atom stereocenters. The normalized spacial score (nSPS) is 10.4. The number of ketones is 1. The summed E-state index contributed by atoms with van der Waals surface area (Å²) in [5.41, 5.74) is 0.757. The number of nitrogens with zero attached hydrogens (tertiary/aromatic N) is 1. The molecule has 0 bridgehead atoms. The van der Waals surface area contributed by atoms with Gasteiger partial charge in [0.25, 0.3) is 0 Å². The zero-order valence-electron chi connectivity index (χ0n) is 12.5. The van der Waals surface area contributed by atoms with Crippen LogP contribution in [0, 0.1) is 0 Å². The van der Waals surface area contributed by atoms with E-state index in [4.69, 9.17) is 9.47 Å². The van der Waals surface area contributed by atoms with E-state index < -0.39 is 0 Å². The van der Waals surface area contributed by atoms with Crippen LogP contribution in [0.4, 0.5) is 0 Å². The third-order valence-electron chi connectivity index (χ3n) is 3.15. The van der Waals surface area contributed by atoms with Gasteiger partial charge in [0.15, 0.2) is 17.3 Å². The van der Waals surface area contributed by atoms with Gasteiger partial charge >= 0.3 is 0 Å². The van der Waals surface area contributed by atoms with E-state index in [0.717, 1.165) is 17.1 Å². The van der Waals surface area contributed by atoms with Gasteiger partial charge in [-0.3, -0.25) is 4.79 Å². The molecule has 1 heterocycles. The standard InChI is InChI=1S/C17H21NO3/c1-3-15(19)14-9-10-18(13-14)11-12-21-17-8-6-5-7-16(17)20-4-2/h5-10,13H,3-4,11-12H2,1-2H3. The first-order chi connectivity index (χ1) is 10.2. The highest BCUT2D eigenvalue weighted by atomic mass is 16.5. The molecule has 0 saturated carbocycles. The van der Waals surface area contributed by atoms with Crippen LogP contribution in [-0.2, 0) is 6.54 Å². The number of carbonyl (C=O) groups excluding carboxylic acids is 1. The molecule has 0 N–H and O–H groups in total. The Labute approximate surface area is 125 Å². The fourth-order valence-corrected chi connectivity index (χ4v) is 2.05. The SMILES string of the molecule is CCOc1ccccc1OCCn1ccc(C(=O)CC)c1. The summed E-state index contributed by atoms with van der Waals surface area (Å²) >= 11 is 0. The van der Waals surface area contributed by atoms with Gasteiger partial charge in [-0.05, 0) is 25.1 Å². The van der Waals surface area contributed by atoms with Gasteiger partial charge in [-0.25, -0.2) is 0 Å². The van der Waals surface area contributed by atoms with Crippen LogP contribution in [0.25, 0.3) is 0 Å². The number of Topliss-reactive ketones (excluding diaryl/α,β-unsaturated/α-hetero) is 1. The number of carbonyl (C=O) groups is 1. The minimum absolute atomic E-state index is 0.163. The van der Waals surface area contributed by atoms with Crippen molar-refractivity contribution in [1.29, 1.82) is 0 Å². The van der Waals surface area contributed by atoms with Gasteiger partial charge in [0, 0.05) is 24.4 Å². The molecule has 0 fully saturated rings. The Hall–Kier alpha value is -2.23. The van der Waals surface area contributed by atoms with Crippen molar-refractivity contribution in [3.05, 3.63) is 48.3 Å². The average Bonchev–Trinajstić information content (AvgIpc) is 2.97. The first kappa shape index (κ1) is 15.2. The lowest BCUT2D eigenvalue weighted by Crippen LogP contribution is -2.07. The van der Waals surface area contributed by atoms with Crippen LogP contribution in [0.5, 0.6) is 11.5 Å². The van der Waals surface area contributed by atoms with Crippen molar-refractivity contribution < 1.29 is 14.3 Å². The minimum Gasteiger partial charge on any atom is -0.490 e. The maximum Gasteiger partial charge on any atom is 0.164 e. The van der Waals surface area contributed by atoms with Gasteiger partial charge in [-0.15, -0.1) is 0 Å². The Morgan fingerprint density at radius 1 is 1.10 bits per heavy atom. The maximum absolute atomic E-state index is 11.6. The van der Waals surface area contributed by atoms with Crippen molar-refractivity contribution in [2.45, 2.75) is 26.8 Å². The number of hydrogen-bond acceptors (Lipinski definition) is 3. The molecule has 2 rings (SSSR count). The van der Waals surface area contributed by atoms with E-state index >= 15 is 0 Å². The first-order valence-corrected chi connectivity index (χ1v) is 7.28. The number of para-hydroxylation sites is 2. The van der Waals surface area contributed by atoms with Crippen molar-refractivity contribution >= 4 is 5.78 Å². The summed E-state index contributed by atoms with van der Waals surface area (Å²) in [6.07, 6.45) is 4.30. The smallest absolute Gasteiger partial charge is 0.164 e. The predicted molar refractivity (Wildman–Crippen MR) is 82.2 cm³/mol. The van der Waals surface area contributed by atoms with Gasteiger partial charge in [-0.1, -0.05) is 19.1 Å². The van der Waals surface area contributed by atoms with Gasteiger partial charge < -0.3 is 14.0 Å². The van der Waals surface area contributed by atoms with E-state index in [-0.39, 0.29) is 5.78 Å². The molecule has 1 aromatic carbocycles. The Kier molecular flexibility index (Phi) is 5.43. The molecule has 0 radical (unpaired) electrons. The monoisotopic (exact) mass is 287 g/mol. The predicted octanol–water partition coefficient (Wildman–Crippen LogP) is 3.56. The van der Waals surface area contributed by atoms with E-state index in [1.54, 1.807) is 0 Å². The minimum atomic E-state index is 0.163. The Morgan fingerprint density at radius 3 is 2.48 bits per heavy atom. The first-order valence-electron chi connectivity index (χ1n) is 7.28. The van der Waals surface area contributed by atoms with Gasteiger partial charge in [0.05, 0.1) is 13.2 Å². The molecule has 112 valence electrons. The van der Waals surface area contributed by atoms with E-state index in [0.29, 0.717) is 26.2 Å². The molecule has 1 aromatic heterocycles. The zero-order chi connectivity index (χ0) is 15.1. The summed E-state index contributed by atoms with van der Waals surface area (Å²) in [6.45, 7) is 5.65. The van der Waals surface area contributed by atoms with Crippen LogP contribution in [0.15, 0.2) is 42.7 Å². The molecule has 4 heteroatoms. The highest BCUT2D eigenvalue weighted by molar-refractivity contribution is 5.95. The summed E-state index contributed by atoms with van der Waals surface area (Å²) in [6, 6.07) is 9.48. The molecule has 0 aliphatic rings. The molecule has 2 aromatic rings. The lowest BCUT2D eigenvalue weighted by atomic mass is 10.2. The van der Waals surface area contributed by atoms with Crippen LogP contribution in [0.2, 0.25) is 0 Å². The van der Waals surface area contributed by atoms with E-state index in [1.807, 2.05) is 61.1 Å². The molecular formula is C17H21NO3. The number of hydrogen-bond donors (Lipinski definition) is 0. The highest BCUT2D eigenvalue weighted by Crippen LogP contribution is 2.26. The topological polar surface area (TPSA) is 40.5 Å². The van der Waals surface area contributed by atoms with Crippen LogP contribution in [0.3, 0.4) is 0 Å². The average molecular weight is 287 g/mol. The number of ether oxygens (including phenoxy) is 2. The molecule has 0 spiro atoms. The third-order valence-corrected chi connectivity index (χ3v) is 3.15. The maximum atomic E-state index is 11.6. The molecule has 0 unspecified atom stereocenters. The van der Waals surface area contributed by atoms with Crippen molar-refractivity contribution in [2.24, 2.45) is 0 Å². The van der Waals surface area contributed by atoms with Crippen molar-refractivity contribution in [3.63, 3.8) is 0 Å². The van der Waals surface area contributed by atoms with Crippen molar-refractivity contribution in [3.8, 4) is 11.5 Å². The molecule has 0 aliphatic heterocycles. The quantitative estimate of drug-likeness (QED) is 0.697. The molecule has 0 saturated heterocycles. The van der Waals surface area contributed by atoms with Crippen molar-refractivity contribution in [2.75, 3.05) is 13.2 Å². The van der Waals surface area contributed by atoms with Crippen LogP contribution >= 0.6 is 0 Å². The van der Waals surface area contributed by atoms with Gasteiger partial charge in [0.1, 0.15) is 6.61 Å². The lowest BCUT2D eigenvalue weighted by Gasteiger charge is -2.11. The summed E-state index contributed by atoms with van der Waals surface area (Å²) in [5, 5.41) is 0. The zero-order valence-corrected chi connectivity index (χ0v) is 12.5. The fourth-order valence-electron chi connectivity index (χ4n) is 2.05. The fraction of sp³-hybridized carbons (Fsp3) is 0.353. The molecular weight excluding hydrogens is 266 g/mol. The number of rotatable bonds is 8. The van der Waals surface area contributed by atoms with Crippen LogP contribution in [-0.4, -0.2) is 23.6 Å². The summed E-state index contributed by atoms with van der Waals surface area (Å²) < 4.78 is 13.2. The number of benzene rings is 1. The van der Waals surface area contributed by atoms with E-state index in [9.17, 15) is 4.79 Å². The van der Waals surface area contributed by atoms with Gasteiger partial charge in [-0.2, -0.15) is 0 Å². The summed E-state index contributed by atoms with van der Waals surface area (Å²) in [7, 11) is 0. The Bertz CT molecular complexity index is 589. The molecule has 21 heavy (non-hydrogen) atoms. The Morgan fingerprint density at radius 2 is 1.81 bits per heavy atom. The summed E-state index contributed by atoms with van der Waals surface area (Å²) in [4.78, 5) is 11.6. The van der Waals surface area contributed by atoms with E-state index in [2.05, 4.69) is 0 Å². The van der Waals surface area contributed by atoms with Crippen LogP contribution < -0.4 is 9.47 Å². The molecule has 0 aliphatic carbocycles. The second kappa shape index (κ2) is 7.53. The Balaban J connectivity index is 1.89. The summed E-state index contributed by atoms with van der Waals surface area (Å²) in [5.74, 6) is 1.67.